The highest BCUT2D eigenvalue weighted by Gasteiger charge is 2.31. The quantitative estimate of drug-likeness (QED) is 0.808. The van der Waals surface area contributed by atoms with Gasteiger partial charge in [-0.25, -0.2) is 0 Å². The molecule has 0 unspecified atom stereocenters. The van der Waals surface area contributed by atoms with E-state index in [4.69, 9.17) is 0 Å². The molecule has 0 aromatic heterocycles. The predicted octanol–water partition coefficient (Wildman–Crippen LogP) is 2.33. The van der Waals surface area contributed by atoms with Crippen LogP contribution in [-0.2, 0) is 0 Å². The fourth-order valence-electron chi connectivity index (χ4n) is 1.73. The molecule has 2 rings (SSSR count). The Hall–Kier alpha value is -0.670. The van der Waals surface area contributed by atoms with Crippen LogP contribution in [0.4, 0.5) is 5.69 Å². The summed E-state index contributed by atoms with van der Waals surface area (Å²) in [4.78, 5) is 3.43. The third-order valence-electron chi connectivity index (χ3n) is 2.62. The van der Waals surface area contributed by atoms with Crippen LogP contribution in [-0.4, -0.2) is 23.6 Å². The smallest absolute Gasteiger partial charge is 0.105 e. The van der Waals surface area contributed by atoms with Gasteiger partial charge in [0.15, 0.2) is 0 Å². The first-order valence-corrected chi connectivity index (χ1v) is 5.78. The summed E-state index contributed by atoms with van der Waals surface area (Å²) in [7, 11) is 2.04. The zero-order valence-corrected chi connectivity index (χ0v) is 9.29. The molecule has 1 aromatic carbocycles. The second-order valence-corrected chi connectivity index (χ2v) is 4.72. The molecule has 1 aliphatic heterocycles. The molecular weight excluding hydrogens is 194 g/mol. The van der Waals surface area contributed by atoms with E-state index in [9.17, 15) is 5.11 Å². The van der Waals surface area contributed by atoms with Gasteiger partial charge < -0.3 is 10.0 Å². The summed E-state index contributed by atoms with van der Waals surface area (Å²) in [6, 6.07) is 8.29. The number of aliphatic hydroxyl groups excluding tert-OH is 1. The van der Waals surface area contributed by atoms with E-state index < -0.39 is 0 Å². The fourth-order valence-corrected chi connectivity index (χ4v) is 3.10. The molecule has 14 heavy (non-hydrogen) atoms. The highest BCUT2D eigenvalue weighted by atomic mass is 32.2. The lowest BCUT2D eigenvalue weighted by molar-refractivity contribution is 0.167. The van der Waals surface area contributed by atoms with Crippen LogP contribution < -0.4 is 4.90 Å². The molecule has 0 spiro atoms. The summed E-state index contributed by atoms with van der Waals surface area (Å²) in [5.41, 5.74) is 1.23. The fraction of sp³-hybridized carbons (Fsp3) is 0.455. The lowest BCUT2D eigenvalue weighted by atomic mass is 10.2. The zero-order chi connectivity index (χ0) is 10.1. The number of likely N-dealkylation sites (N-methyl/N-ethyl adjacent to an activating group) is 1. The van der Waals surface area contributed by atoms with E-state index >= 15 is 0 Å². The summed E-state index contributed by atoms with van der Waals surface area (Å²) in [6.07, 6.45) is 0.549. The number of nitrogens with zero attached hydrogens (tertiary/aromatic N) is 1. The standard InChI is InChI=1S/C11H15NOS/c1-3-9(13)11-12(2)8-6-4-5-7-10(8)14-11/h4-7,9,11,13H,3H2,1-2H3/t9-,11-/m1/s1. The average Bonchev–Trinajstić information content (AvgIpc) is 2.56. The molecule has 2 atom stereocenters. The van der Waals surface area contributed by atoms with Gasteiger partial charge in [0, 0.05) is 11.9 Å². The van der Waals surface area contributed by atoms with Gasteiger partial charge >= 0.3 is 0 Å². The van der Waals surface area contributed by atoms with E-state index in [1.807, 2.05) is 26.1 Å². The summed E-state index contributed by atoms with van der Waals surface area (Å²) < 4.78 is 0. The number of benzene rings is 1. The van der Waals surface area contributed by atoms with Crippen LogP contribution in [0.2, 0.25) is 0 Å². The third-order valence-corrected chi connectivity index (χ3v) is 4.09. The van der Waals surface area contributed by atoms with Gasteiger partial charge in [0.05, 0.1) is 11.8 Å². The number of anilines is 1. The molecule has 0 saturated heterocycles. The van der Waals surface area contributed by atoms with Crippen molar-refractivity contribution in [1.29, 1.82) is 0 Å². The SMILES string of the molecule is CC[C@@H](O)[C@H]1Sc2ccccc2N1C. The van der Waals surface area contributed by atoms with Gasteiger partial charge in [-0.3, -0.25) is 0 Å². The summed E-state index contributed by atoms with van der Waals surface area (Å²) in [6.45, 7) is 2.02. The zero-order valence-electron chi connectivity index (χ0n) is 8.47. The van der Waals surface area contributed by atoms with Gasteiger partial charge in [-0.1, -0.05) is 30.8 Å². The van der Waals surface area contributed by atoms with Gasteiger partial charge in [-0.2, -0.15) is 0 Å². The van der Waals surface area contributed by atoms with Crippen LogP contribution >= 0.6 is 11.8 Å². The van der Waals surface area contributed by atoms with Crippen molar-refractivity contribution in [1.82, 2.24) is 0 Å². The summed E-state index contributed by atoms with van der Waals surface area (Å²) in [5, 5.41) is 10.0. The first-order chi connectivity index (χ1) is 6.74. The molecule has 1 heterocycles. The van der Waals surface area contributed by atoms with Crippen molar-refractivity contribution in [2.75, 3.05) is 11.9 Å². The first-order valence-electron chi connectivity index (χ1n) is 4.90. The van der Waals surface area contributed by atoms with Gasteiger partial charge in [-0.15, -0.1) is 0 Å². The minimum atomic E-state index is -0.252. The molecule has 1 N–H and O–H groups in total. The largest absolute Gasteiger partial charge is 0.390 e. The summed E-state index contributed by atoms with van der Waals surface area (Å²) in [5.74, 6) is 0. The lowest BCUT2D eigenvalue weighted by Crippen LogP contribution is -2.35. The van der Waals surface area contributed by atoms with Crippen molar-refractivity contribution in [3.05, 3.63) is 24.3 Å². The second kappa shape index (κ2) is 3.83. The normalized spacial score (nSPS) is 22.2. The molecule has 0 amide bonds. The van der Waals surface area contributed by atoms with Crippen LogP contribution in [0.5, 0.6) is 0 Å². The van der Waals surface area contributed by atoms with Crippen molar-refractivity contribution in [3.8, 4) is 0 Å². The number of rotatable bonds is 2. The monoisotopic (exact) mass is 209 g/mol. The minimum Gasteiger partial charge on any atom is -0.390 e. The number of hydrogen-bond donors (Lipinski definition) is 1. The molecule has 0 fully saturated rings. The molecule has 1 aliphatic rings. The molecular formula is C11H15NOS. The topological polar surface area (TPSA) is 23.5 Å². The Bertz CT molecular complexity index is 329. The van der Waals surface area contributed by atoms with E-state index in [0.717, 1.165) is 6.42 Å². The van der Waals surface area contributed by atoms with Crippen molar-refractivity contribution >= 4 is 17.4 Å². The maximum Gasteiger partial charge on any atom is 0.105 e. The molecule has 0 saturated carbocycles. The summed E-state index contributed by atoms with van der Waals surface area (Å²) >= 11 is 1.75. The van der Waals surface area contributed by atoms with E-state index in [2.05, 4.69) is 17.0 Å². The highest BCUT2D eigenvalue weighted by Crippen LogP contribution is 2.43. The second-order valence-electron chi connectivity index (χ2n) is 3.56. The van der Waals surface area contributed by atoms with Gasteiger partial charge in [0.25, 0.3) is 0 Å². The van der Waals surface area contributed by atoms with Crippen LogP contribution in [0.3, 0.4) is 0 Å². The van der Waals surface area contributed by atoms with E-state index in [1.54, 1.807) is 11.8 Å². The minimum absolute atomic E-state index is 0.178. The van der Waals surface area contributed by atoms with Gasteiger partial charge in [0.2, 0.25) is 0 Å². The molecule has 0 radical (unpaired) electrons. The number of para-hydroxylation sites is 1. The van der Waals surface area contributed by atoms with Gasteiger partial charge in [-0.05, 0) is 18.6 Å². The van der Waals surface area contributed by atoms with Crippen LogP contribution in [0.15, 0.2) is 29.2 Å². The molecule has 76 valence electrons. The average molecular weight is 209 g/mol. The van der Waals surface area contributed by atoms with Crippen molar-refractivity contribution in [3.63, 3.8) is 0 Å². The van der Waals surface area contributed by atoms with Gasteiger partial charge in [0.1, 0.15) is 5.37 Å². The molecule has 0 aliphatic carbocycles. The van der Waals surface area contributed by atoms with E-state index in [0.29, 0.717) is 0 Å². The molecule has 2 nitrogen and oxygen atoms in total. The predicted molar refractivity (Wildman–Crippen MR) is 60.8 cm³/mol. The molecule has 1 aromatic rings. The Kier molecular flexibility index (Phi) is 2.70. The number of hydrogen-bond acceptors (Lipinski definition) is 3. The molecule has 3 heteroatoms. The Morgan fingerprint density at radius 1 is 1.50 bits per heavy atom. The number of aliphatic hydroxyl groups is 1. The van der Waals surface area contributed by atoms with Crippen LogP contribution in [0.25, 0.3) is 0 Å². The highest BCUT2D eigenvalue weighted by molar-refractivity contribution is 8.00. The maximum atomic E-state index is 9.84. The maximum absolute atomic E-state index is 9.84. The molecule has 0 bridgehead atoms. The Balaban J connectivity index is 2.25. The lowest BCUT2D eigenvalue weighted by Gasteiger charge is -2.25. The number of thioether (sulfide) groups is 1. The van der Waals surface area contributed by atoms with Crippen molar-refractivity contribution in [2.45, 2.75) is 29.7 Å². The van der Waals surface area contributed by atoms with E-state index in [1.165, 1.54) is 10.6 Å². The van der Waals surface area contributed by atoms with Crippen LogP contribution in [0.1, 0.15) is 13.3 Å². The Morgan fingerprint density at radius 2 is 2.21 bits per heavy atom. The third kappa shape index (κ3) is 1.51. The van der Waals surface area contributed by atoms with Crippen molar-refractivity contribution < 1.29 is 5.11 Å². The van der Waals surface area contributed by atoms with Crippen molar-refractivity contribution in [2.24, 2.45) is 0 Å². The van der Waals surface area contributed by atoms with Crippen LogP contribution in [0, 0.1) is 0 Å². The Labute approximate surface area is 88.9 Å². The Morgan fingerprint density at radius 3 is 2.86 bits per heavy atom. The number of fused-ring (bicyclic) bond motifs is 1. The first kappa shape index (κ1) is 9.87. The van der Waals surface area contributed by atoms with E-state index in [-0.39, 0.29) is 11.5 Å².